The summed E-state index contributed by atoms with van der Waals surface area (Å²) in [7, 11) is 0. The van der Waals surface area contributed by atoms with Gasteiger partial charge in [-0.3, -0.25) is 0 Å². The summed E-state index contributed by atoms with van der Waals surface area (Å²) in [6.45, 7) is 2.90. The molecule has 0 bridgehead atoms. The number of anilines is 1. The highest BCUT2D eigenvalue weighted by Gasteiger charge is 2.31. The number of thiophene rings is 1. The lowest BCUT2D eigenvalue weighted by Gasteiger charge is -2.24. The summed E-state index contributed by atoms with van der Waals surface area (Å²) < 4.78 is 0. The minimum absolute atomic E-state index is 0.553. The summed E-state index contributed by atoms with van der Waals surface area (Å²) in [6, 6.07) is 4.86. The second kappa shape index (κ2) is 4.86. The van der Waals surface area contributed by atoms with Crippen LogP contribution in [0.25, 0.3) is 0 Å². The first-order valence-corrected chi connectivity index (χ1v) is 7.27. The Labute approximate surface area is 115 Å². The Hall–Kier alpha value is -1.13. The van der Waals surface area contributed by atoms with Crippen LogP contribution in [-0.4, -0.2) is 16.0 Å². The molecule has 3 rings (SSSR count). The highest BCUT2D eigenvalue weighted by molar-refractivity contribution is 7.09. The van der Waals surface area contributed by atoms with Crippen LogP contribution in [0.1, 0.15) is 23.3 Å². The van der Waals surface area contributed by atoms with Crippen LogP contribution in [0.2, 0.25) is 5.15 Å². The molecule has 94 valence electrons. The molecule has 0 N–H and O–H groups in total. The number of hydrogen-bond acceptors (Lipinski definition) is 4. The van der Waals surface area contributed by atoms with Crippen LogP contribution in [0.3, 0.4) is 0 Å². The highest BCUT2D eigenvalue weighted by Crippen LogP contribution is 2.35. The number of hydrogen-bond donors (Lipinski definition) is 0. The summed E-state index contributed by atoms with van der Waals surface area (Å²) in [5.41, 5.74) is 0.975. The van der Waals surface area contributed by atoms with E-state index in [0.717, 1.165) is 17.9 Å². The van der Waals surface area contributed by atoms with Gasteiger partial charge in [-0.15, -0.1) is 11.3 Å². The molecule has 0 aliphatic heterocycles. The summed E-state index contributed by atoms with van der Waals surface area (Å²) in [5, 5.41) is 2.66. The van der Waals surface area contributed by atoms with Gasteiger partial charge in [-0.25, -0.2) is 9.97 Å². The van der Waals surface area contributed by atoms with E-state index in [0.29, 0.717) is 11.2 Å². The molecule has 1 aliphatic carbocycles. The van der Waals surface area contributed by atoms with Crippen LogP contribution < -0.4 is 4.90 Å². The standard InChI is InChI=1S/C13H14ClN3S/c1-9-12(14)15-8-16-13(9)17(10-4-5-10)7-11-3-2-6-18-11/h2-3,6,8,10H,4-5,7H2,1H3. The molecule has 0 unspecified atom stereocenters. The summed E-state index contributed by atoms with van der Waals surface area (Å²) in [5.74, 6) is 0.978. The Bertz CT molecular complexity index is 537. The van der Waals surface area contributed by atoms with Gasteiger partial charge in [-0.2, -0.15) is 0 Å². The van der Waals surface area contributed by atoms with Crippen molar-refractivity contribution in [3.8, 4) is 0 Å². The van der Waals surface area contributed by atoms with Gasteiger partial charge in [0.25, 0.3) is 0 Å². The third-order valence-corrected chi connectivity index (χ3v) is 4.40. The molecule has 2 heterocycles. The van der Waals surface area contributed by atoms with Gasteiger partial charge in [0.15, 0.2) is 0 Å². The number of halogens is 1. The fourth-order valence-corrected chi connectivity index (χ4v) is 2.87. The second-order valence-corrected chi connectivity index (χ2v) is 5.94. The summed E-state index contributed by atoms with van der Waals surface area (Å²) >= 11 is 7.87. The predicted octanol–water partition coefficient (Wildman–Crippen LogP) is 3.67. The largest absolute Gasteiger partial charge is 0.348 e. The Kier molecular flexibility index (Phi) is 3.22. The highest BCUT2D eigenvalue weighted by atomic mass is 35.5. The molecule has 2 aromatic heterocycles. The maximum atomic E-state index is 6.09. The van der Waals surface area contributed by atoms with Crippen LogP contribution in [0.15, 0.2) is 23.8 Å². The summed E-state index contributed by atoms with van der Waals surface area (Å²) in [4.78, 5) is 12.2. The minimum Gasteiger partial charge on any atom is -0.348 e. The maximum Gasteiger partial charge on any atom is 0.137 e. The lowest BCUT2D eigenvalue weighted by molar-refractivity contribution is 0.778. The fraction of sp³-hybridized carbons (Fsp3) is 0.385. The zero-order chi connectivity index (χ0) is 12.5. The van der Waals surface area contributed by atoms with Crippen molar-refractivity contribution in [3.05, 3.63) is 39.4 Å². The molecular formula is C13H14ClN3S. The van der Waals surface area contributed by atoms with E-state index >= 15 is 0 Å². The topological polar surface area (TPSA) is 29.0 Å². The molecule has 0 saturated heterocycles. The number of rotatable bonds is 4. The van der Waals surface area contributed by atoms with Crippen LogP contribution in [0.5, 0.6) is 0 Å². The van der Waals surface area contributed by atoms with Gasteiger partial charge >= 0.3 is 0 Å². The Morgan fingerprint density at radius 3 is 2.94 bits per heavy atom. The molecule has 0 amide bonds. The van der Waals surface area contributed by atoms with Gasteiger partial charge in [0.2, 0.25) is 0 Å². The van der Waals surface area contributed by atoms with E-state index in [9.17, 15) is 0 Å². The quantitative estimate of drug-likeness (QED) is 0.800. The van der Waals surface area contributed by atoms with Gasteiger partial charge in [-0.1, -0.05) is 17.7 Å². The Morgan fingerprint density at radius 2 is 2.28 bits per heavy atom. The first kappa shape index (κ1) is 11.9. The van der Waals surface area contributed by atoms with Crippen molar-refractivity contribution >= 4 is 28.8 Å². The van der Waals surface area contributed by atoms with Gasteiger partial charge < -0.3 is 4.90 Å². The average molecular weight is 280 g/mol. The van der Waals surface area contributed by atoms with Crippen molar-refractivity contribution in [2.75, 3.05) is 4.90 Å². The zero-order valence-corrected chi connectivity index (χ0v) is 11.7. The van der Waals surface area contributed by atoms with Gasteiger partial charge in [0.05, 0.1) is 6.54 Å². The summed E-state index contributed by atoms with van der Waals surface area (Å²) in [6.07, 6.45) is 4.04. The molecule has 0 radical (unpaired) electrons. The maximum absolute atomic E-state index is 6.09. The lowest BCUT2D eigenvalue weighted by atomic mass is 10.3. The van der Waals surface area contributed by atoms with Gasteiger partial charge in [0, 0.05) is 16.5 Å². The van der Waals surface area contributed by atoms with E-state index in [1.54, 1.807) is 17.7 Å². The van der Waals surface area contributed by atoms with E-state index in [-0.39, 0.29) is 0 Å². The Morgan fingerprint density at radius 1 is 1.44 bits per heavy atom. The molecule has 0 spiro atoms. The van der Waals surface area contributed by atoms with Crippen molar-refractivity contribution in [3.63, 3.8) is 0 Å². The molecule has 2 aromatic rings. The minimum atomic E-state index is 0.553. The molecule has 0 aromatic carbocycles. The molecule has 0 atom stereocenters. The molecule has 1 aliphatic rings. The lowest BCUT2D eigenvalue weighted by Crippen LogP contribution is -2.26. The first-order chi connectivity index (χ1) is 8.75. The molecule has 18 heavy (non-hydrogen) atoms. The van der Waals surface area contributed by atoms with Crippen molar-refractivity contribution in [1.29, 1.82) is 0 Å². The molecule has 3 nitrogen and oxygen atoms in total. The van der Waals surface area contributed by atoms with E-state index in [4.69, 9.17) is 11.6 Å². The average Bonchev–Trinajstić information content (AvgIpc) is 3.08. The zero-order valence-electron chi connectivity index (χ0n) is 10.1. The molecule has 1 fully saturated rings. The van der Waals surface area contributed by atoms with Crippen LogP contribution in [0.4, 0.5) is 5.82 Å². The van der Waals surface area contributed by atoms with Crippen LogP contribution in [0, 0.1) is 6.92 Å². The SMILES string of the molecule is Cc1c(Cl)ncnc1N(Cc1cccs1)C1CC1. The second-order valence-electron chi connectivity index (χ2n) is 4.55. The Balaban J connectivity index is 1.91. The fourth-order valence-electron chi connectivity index (χ4n) is 2.04. The third kappa shape index (κ3) is 2.35. The number of aromatic nitrogens is 2. The molecule has 5 heteroatoms. The number of nitrogens with zero attached hydrogens (tertiary/aromatic N) is 3. The van der Waals surface area contributed by atoms with Crippen LogP contribution >= 0.6 is 22.9 Å². The van der Waals surface area contributed by atoms with E-state index < -0.39 is 0 Å². The van der Waals surface area contributed by atoms with E-state index in [1.165, 1.54) is 17.7 Å². The molecule has 1 saturated carbocycles. The normalized spacial score (nSPS) is 14.8. The monoisotopic (exact) mass is 279 g/mol. The van der Waals surface area contributed by atoms with E-state index in [2.05, 4.69) is 32.4 Å². The predicted molar refractivity (Wildman–Crippen MR) is 75.3 cm³/mol. The van der Waals surface area contributed by atoms with Crippen LogP contribution in [-0.2, 0) is 6.54 Å². The van der Waals surface area contributed by atoms with E-state index in [1.807, 2.05) is 6.92 Å². The van der Waals surface area contributed by atoms with Crippen molar-refractivity contribution < 1.29 is 0 Å². The smallest absolute Gasteiger partial charge is 0.137 e. The van der Waals surface area contributed by atoms with Crippen molar-refractivity contribution in [2.24, 2.45) is 0 Å². The third-order valence-electron chi connectivity index (χ3n) is 3.16. The molecular weight excluding hydrogens is 266 g/mol. The van der Waals surface area contributed by atoms with Gasteiger partial charge in [0.1, 0.15) is 17.3 Å². The van der Waals surface area contributed by atoms with Gasteiger partial charge in [-0.05, 0) is 31.2 Å². The first-order valence-electron chi connectivity index (χ1n) is 6.02. The van der Waals surface area contributed by atoms with Crippen molar-refractivity contribution in [1.82, 2.24) is 9.97 Å². The van der Waals surface area contributed by atoms with Crippen molar-refractivity contribution in [2.45, 2.75) is 32.4 Å².